The summed E-state index contributed by atoms with van der Waals surface area (Å²) in [5.41, 5.74) is 1.08. The van der Waals surface area contributed by atoms with Gasteiger partial charge in [-0.1, -0.05) is 19.1 Å². The molecule has 0 spiro atoms. The number of halogens is 1. The minimum Gasteiger partial charge on any atom is -0.252 e. The molecule has 3 nitrogen and oxygen atoms in total. The van der Waals surface area contributed by atoms with Gasteiger partial charge in [-0.3, -0.25) is 4.68 Å². The zero-order chi connectivity index (χ0) is 10.4. The molecule has 0 atom stereocenters. The molecule has 0 aliphatic rings. The van der Waals surface area contributed by atoms with Crippen LogP contribution in [0, 0.1) is 5.92 Å². The Bertz CT molecular complexity index is 258. The van der Waals surface area contributed by atoms with Crippen LogP contribution in [0.3, 0.4) is 0 Å². The summed E-state index contributed by atoms with van der Waals surface area (Å²) in [5, 5.41) is 8.18. The fraction of sp³-hybridized carbons (Fsp3) is 0.800. The van der Waals surface area contributed by atoms with Crippen molar-refractivity contribution in [1.29, 1.82) is 0 Å². The summed E-state index contributed by atoms with van der Waals surface area (Å²) in [6, 6.07) is 0. The van der Waals surface area contributed by atoms with Crippen molar-refractivity contribution in [2.24, 2.45) is 5.92 Å². The van der Waals surface area contributed by atoms with E-state index < -0.39 is 0 Å². The zero-order valence-electron chi connectivity index (χ0n) is 8.91. The molecule has 1 rings (SSSR count). The quantitative estimate of drug-likeness (QED) is 0.539. The van der Waals surface area contributed by atoms with Crippen molar-refractivity contribution in [2.45, 2.75) is 39.7 Å². The second-order valence-corrected chi connectivity index (χ2v) is 4.35. The van der Waals surface area contributed by atoms with Crippen LogP contribution in [0.2, 0.25) is 0 Å². The van der Waals surface area contributed by atoms with Crippen molar-refractivity contribution >= 4 is 11.6 Å². The number of alkyl halides is 1. The van der Waals surface area contributed by atoms with E-state index in [1.807, 2.05) is 10.9 Å². The lowest BCUT2D eigenvalue weighted by Gasteiger charge is -2.01. The average molecular weight is 216 g/mol. The molecule has 0 aromatic carbocycles. The maximum Gasteiger partial charge on any atom is 0.0827 e. The van der Waals surface area contributed by atoms with Crippen LogP contribution < -0.4 is 0 Å². The number of hydrogen-bond acceptors (Lipinski definition) is 2. The van der Waals surface area contributed by atoms with E-state index in [9.17, 15) is 0 Å². The Labute approximate surface area is 90.4 Å². The Balaban J connectivity index is 2.35. The third-order valence-electron chi connectivity index (χ3n) is 1.95. The van der Waals surface area contributed by atoms with Crippen molar-refractivity contribution in [3.05, 3.63) is 11.9 Å². The number of unbranched alkanes of at least 4 members (excludes halogenated alkanes) is 1. The van der Waals surface area contributed by atoms with Gasteiger partial charge in [-0.15, -0.1) is 16.7 Å². The first kappa shape index (κ1) is 11.5. The summed E-state index contributed by atoms with van der Waals surface area (Å²) in [6.07, 6.45) is 5.18. The van der Waals surface area contributed by atoms with E-state index >= 15 is 0 Å². The monoisotopic (exact) mass is 215 g/mol. The van der Waals surface area contributed by atoms with Crippen LogP contribution in [0.4, 0.5) is 0 Å². The topological polar surface area (TPSA) is 30.7 Å². The summed E-state index contributed by atoms with van der Waals surface area (Å²) in [4.78, 5) is 0. The molecule has 0 bridgehead atoms. The summed E-state index contributed by atoms with van der Waals surface area (Å²) < 4.78 is 1.92. The molecule has 1 heterocycles. The summed E-state index contributed by atoms with van der Waals surface area (Å²) in [7, 11) is 0. The van der Waals surface area contributed by atoms with Crippen LogP contribution in [0.25, 0.3) is 0 Å². The summed E-state index contributed by atoms with van der Waals surface area (Å²) >= 11 is 5.60. The molecule has 0 fully saturated rings. The fourth-order valence-electron chi connectivity index (χ4n) is 1.32. The second kappa shape index (κ2) is 6.02. The highest BCUT2D eigenvalue weighted by Gasteiger charge is 2.01. The molecular weight excluding hydrogens is 198 g/mol. The summed E-state index contributed by atoms with van der Waals surface area (Å²) in [5.74, 6) is 1.35. The zero-order valence-corrected chi connectivity index (χ0v) is 9.67. The van der Waals surface area contributed by atoms with Gasteiger partial charge in [0.15, 0.2) is 0 Å². The Morgan fingerprint density at radius 3 is 2.86 bits per heavy atom. The third kappa shape index (κ3) is 4.09. The Morgan fingerprint density at radius 1 is 1.43 bits per heavy atom. The standard InChI is InChI=1S/C10H18ClN3/c1-9(2)7-14-8-10(12-13-14)5-3-4-6-11/h8-9H,3-7H2,1-2H3. The SMILES string of the molecule is CC(C)Cn1cc(CCCCCl)nn1. The highest BCUT2D eigenvalue weighted by atomic mass is 35.5. The van der Waals surface area contributed by atoms with Crippen LogP contribution >= 0.6 is 11.6 Å². The maximum atomic E-state index is 5.60. The lowest BCUT2D eigenvalue weighted by Crippen LogP contribution is -2.04. The molecule has 0 unspecified atom stereocenters. The van der Waals surface area contributed by atoms with Gasteiger partial charge < -0.3 is 0 Å². The summed E-state index contributed by atoms with van der Waals surface area (Å²) in [6.45, 7) is 5.30. The van der Waals surface area contributed by atoms with E-state index in [0.717, 1.165) is 37.4 Å². The first-order valence-corrected chi connectivity index (χ1v) is 5.70. The van der Waals surface area contributed by atoms with E-state index in [4.69, 9.17) is 11.6 Å². The third-order valence-corrected chi connectivity index (χ3v) is 2.22. The molecule has 0 aliphatic heterocycles. The van der Waals surface area contributed by atoms with Gasteiger partial charge in [0.2, 0.25) is 0 Å². The lowest BCUT2D eigenvalue weighted by molar-refractivity contribution is 0.472. The molecular formula is C10H18ClN3. The largest absolute Gasteiger partial charge is 0.252 e. The number of hydrogen-bond donors (Lipinski definition) is 0. The van der Waals surface area contributed by atoms with Crippen LogP contribution in [0.15, 0.2) is 6.20 Å². The van der Waals surface area contributed by atoms with Gasteiger partial charge in [0.25, 0.3) is 0 Å². The van der Waals surface area contributed by atoms with Crippen molar-refractivity contribution in [3.63, 3.8) is 0 Å². The van der Waals surface area contributed by atoms with Crippen LogP contribution in [-0.2, 0) is 13.0 Å². The van der Waals surface area contributed by atoms with Gasteiger partial charge >= 0.3 is 0 Å². The molecule has 0 aliphatic carbocycles. The number of aryl methyl sites for hydroxylation is 1. The molecule has 14 heavy (non-hydrogen) atoms. The van der Waals surface area contributed by atoms with Crippen molar-refractivity contribution in [1.82, 2.24) is 15.0 Å². The Kier molecular flexibility index (Phi) is 4.94. The highest BCUT2D eigenvalue weighted by Crippen LogP contribution is 2.03. The smallest absolute Gasteiger partial charge is 0.0827 e. The van der Waals surface area contributed by atoms with E-state index in [2.05, 4.69) is 24.2 Å². The number of rotatable bonds is 6. The van der Waals surface area contributed by atoms with Gasteiger partial charge in [0.1, 0.15) is 0 Å². The van der Waals surface area contributed by atoms with Gasteiger partial charge in [0, 0.05) is 18.6 Å². The number of aromatic nitrogens is 3. The van der Waals surface area contributed by atoms with Gasteiger partial charge in [0.05, 0.1) is 5.69 Å². The second-order valence-electron chi connectivity index (χ2n) is 3.97. The molecule has 80 valence electrons. The van der Waals surface area contributed by atoms with Crippen LogP contribution in [0.5, 0.6) is 0 Å². The van der Waals surface area contributed by atoms with Gasteiger partial charge in [-0.05, 0) is 25.2 Å². The lowest BCUT2D eigenvalue weighted by atomic mass is 10.2. The molecule has 1 aromatic rings. The molecule has 0 radical (unpaired) electrons. The van der Waals surface area contributed by atoms with Crippen LogP contribution in [-0.4, -0.2) is 20.9 Å². The highest BCUT2D eigenvalue weighted by molar-refractivity contribution is 6.17. The Hall–Kier alpha value is -0.570. The van der Waals surface area contributed by atoms with E-state index in [1.165, 1.54) is 0 Å². The molecule has 0 N–H and O–H groups in total. The van der Waals surface area contributed by atoms with Crippen molar-refractivity contribution < 1.29 is 0 Å². The van der Waals surface area contributed by atoms with E-state index in [-0.39, 0.29) is 0 Å². The molecule has 0 amide bonds. The first-order valence-electron chi connectivity index (χ1n) is 5.17. The molecule has 0 saturated heterocycles. The maximum absolute atomic E-state index is 5.60. The molecule has 0 saturated carbocycles. The normalized spacial score (nSPS) is 11.1. The van der Waals surface area contributed by atoms with Crippen LogP contribution in [0.1, 0.15) is 32.4 Å². The van der Waals surface area contributed by atoms with E-state index in [0.29, 0.717) is 5.92 Å². The first-order chi connectivity index (χ1) is 6.72. The molecule has 4 heteroatoms. The Morgan fingerprint density at radius 2 is 2.21 bits per heavy atom. The average Bonchev–Trinajstić information content (AvgIpc) is 2.52. The number of nitrogens with zero attached hydrogens (tertiary/aromatic N) is 3. The predicted octanol–water partition coefficient (Wildman–Crippen LogP) is 2.50. The van der Waals surface area contributed by atoms with Crippen molar-refractivity contribution in [2.75, 3.05) is 5.88 Å². The minimum absolute atomic E-state index is 0.618. The predicted molar refractivity (Wildman–Crippen MR) is 58.5 cm³/mol. The molecule has 1 aromatic heterocycles. The van der Waals surface area contributed by atoms with Crippen molar-refractivity contribution in [3.8, 4) is 0 Å². The minimum atomic E-state index is 0.618. The fourth-order valence-corrected chi connectivity index (χ4v) is 1.51. The van der Waals surface area contributed by atoms with Gasteiger partial charge in [-0.2, -0.15) is 0 Å². The van der Waals surface area contributed by atoms with E-state index in [1.54, 1.807) is 0 Å². The van der Waals surface area contributed by atoms with Gasteiger partial charge in [-0.25, -0.2) is 0 Å².